The molecule has 5 heteroatoms. The van der Waals surface area contributed by atoms with E-state index in [9.17, 15) is 4.39 Å². The highest BCUT2D eigenvalue weighted by atomic mass is 19.1. The Morgan fingerprint density at radius 1 is 1.38 bits per heavy atom. The monoisotopic (exact) mass is 228 g/mol. The molecule has 0 fully saturated rings. The van der Waals surface area contributed by atoms with Crippen molar-refractivity contribution in [2.24, 2.45) is 0 Å². The van der Waals surface area contributed by atoms with E-state index in [0.29, 0.717) is 24.5 Å². The molecule has 1 rings (SSSR count). The smallest absolute Gasteiger partial charge is 0.167 e. The van der Waals surface area contributed by atoms with Crippen molar-refractivity contribution in [2.75, 3.05) is 38.4 Å². The number of nitrogen functional groups attached to an aromatic ring is 1. The van der Waals surface area contributed by atoms with E-state index in [4.69, 9.17) is 15.2 Å². The normalized spacial score (nSPS) is 10.2. The molecule has 1 aromatic carbocycles. The highest BCUT2D eigenvalue weighted by molar-refractivity contribution is 5.68. The van der Waals surface area contributed by atoms with E-state index in [-0.39, 0.29) is 5.75 Å². The van der Waals surface area contributed by atoms with Gasteiger partial charge in [0, 0.05) is 32.4 Å². The van der Waals surface area contributed by atoms with Crippen LogP contribution in [0.3, 0.4) is 0 Å². The first-order valence-corrected chi connectivity index (χ1v) is 5.05. The number of benzene rings is 1. The number of nitrogens with two attached hydrogens (primary N) is 1. The molecule has 4 nitrogen and oxygen atoms in total. The minimum absolute atomic E-state index is 0.184. The summed E-state index contributed by atoms with van der Waals surface area (Å²) in [6.07, 6.45) is 0.857. The zero-order valence-electron chi connectivity index (χ0n) is 9.55. The van der Waals surface area contributed by atoms with Crippen LogP contribution in [0.15, 0.2) is 12.1 Å². The summed E-state index contributed by atoms with van der Waals surface area (Å²) in [7, 11) is 3.07. The fourth-order valence-corrected chi connectivity index (χ4v) is 1.32. The number of rotatable bonds is 6. The Kier molecular flexibility index (Phi) is 4.85. The number of ether oxygens (including phenoxy) is 2. The number of halogens is 1. The third-order valence-corrected chi connectivity index (χ3v) is 2.16. The molecule has 16 heavy (non-hydrogen) atoms. The van der Waals surface area contributed by atoms with Gasteiger partial charge in [-0.25, -0.2) is 4.39 Å². The predicted octanol–water partition coefficient (Wildman–Crippen LogP) is 1.86. The third kappa shape index (κ3) is 3.27. The van der Waals surface area contributed by atoms with Gasteiger partial charge in [0.1, 0.15) is 0 Å². The van der Waals surface area contributed by atoms with Crippen molar-refractivity contribution in [1.29, 1.82) is 0 Å². The molecule has 0 saturated carbocycles. The second kappa shape index (κ2) is 6.17. The van der Waals surface area contributed by atoms with Crippen molar-refractivity contribution in [2.45, 2.75) is 6.42 Å². The molecule has 0 aliphatic rings. The van der Waals surface area contributed by atoms with E-state index in [1.54, 1.807) is 13.2 Å². The topological polar surface area (TPSA) is 56.5 Å². The van der Waals surface area contributed by atoms with Gasteiger partial charge in [-0.3, -0.25) is 0 Å². The Balaban J connectivity index is 2.64. The Bertz CT molecular complexity index is 345. The van der Waals surface area contributed by atoms with Crippen LogP contribution in [0.4, 0.5) is 15.8 Å². The van der Waals surface area contributed by atoms with Gasteiger partial charge < -0.3 is 20.5 Å². The van der Waals surface area contributed by atoms with Crippen molar-refractivity contribution in [3.63, 3.8) is 0 Å². The van der Waals surface area contributed by atoms with Gasteiger partial charge in [-0.1, -0.05) is 0 Å². The number of methoxy groups -OCH3 is 2. The maximum Gasteiger partial charge on any atom is 0.167 e. The first kappa shape index (κ1) is 12.6. The van der Waals surface area contributed by atoms with Gasteiger partial charge in [0.15, 0.2) is 11.6 Å². The van der Waals surface area contributed by atoms with Crippen molar-refractivity contribution >= 4 is 11.4 Å². The van der Waals surface area contributed by atoms with E-state index in [1.165, 1.54) is 13.2 Å². The Labute approximate surface area is 94.5 Å². The van der Waals surface area contributed by atoms with E-state index < -0.39 is 5.82 Å². The van der Waals surface area contributed by atoms with Crippen molar-refractivity contribution in [1.82, 2.24) is 0 Å². The maximum atomic E-state index is 13.2. The summed E-state index contributed by atoms with van der Waals surface area (Å²) >= 11 is 0. The van der Waals surface area contributed by atoms with Gasteiger partial charge in [0.2, 0.25) is 0 Å². The molecule has 0 bridgehead atoms. The molecule has 0 aliphatic carbocycles. The molecule has 1 aromatic rings. The zero-order chi connectivity index (χ0) is 12.0. The predicted molar refractivity (Wildman–Crippen MR) is 62.3 cm³/mol. The van der Waals surface area contributed by atoms with Crippen LogP contribution in [-0.4, -0.2) is 27.4 Å². The summed E-state index contributed by atoms with van der Waals surface area (Å²) in [6.45, 7) is 1.39. The van der Waals surface area contributed by atoms with Crippen molar-refractivity contribution in [3.05, 3.63) is 17.9 Å². The largest absolute Gasteiger partial charge is 0.494 e. The minimum Gasteiger partial charge on any atom is -0.494 e. The van der Waals surface area contributed by atoms with Gasteiger partial charge in [-0.2, -0.15) is 0 Å². The highest BCUT2D eigenvalue weighted by Gasteiger charge is 2.07. The van der Waals surface area contributed by atoms with Gasteiger partial charge in [-0.15, -0.1) is 0 Å². The number of nitrogens with one attached hydrogen (secondary N) is 1. The van der Waals surface area contributed by atoms with Crippen LogP contribution in [0.25, 0.3) is 0 Å². The highest BCUT2D eigenvalue weighted by Crippen LogP contribution is 2.27. The first-order chi connectivity index (χ1) is 7.69. The lowest BCUT2D eigenvalue weighted by molar-refractivity contribution is 0.198. The van der Waals surface area contributed by atoms with Crippen LogP contribution < -0.4 is 15.8 Å². The third-order valence-electron chi connectivity index (χ3n) is 2.16. The number of anilines is 2. The van der Waals surface area contributed by atoms with Crippen LogP contribution in [-0.2, 0) is 4.74 Å². The molecule has 0 spiro atoms. The van der Waals surface area contributed by atoms with Crippen LogP contribution in [0.1, 0.15) is 6.42 Å². The molecule has 0 aromatic heterocycles. The van der Waals surface area contributed by atoms with Crippen LogP contribution in [0, 0.1) is 5.82 Å². The van der Waals surface area contributed by atoms with Crippen LogP contribution in [0.2, 0.25) is 0 Å². The number of hydrogen-bond donors (Lipinski definition) is 2. The lowest BCUT2D eigenvalue weighted by Gasteiger charge is -2.11. The van der Waals surface area contributed by atoms with E-state index >= 15 is 0 Å². The minimum atomic E-state index is -0.456. The van der Waals surface area contributed by atoms with Gasteiger partial charge in [-0.05, 0) is 6.42 Å². The lowest BCUT2D eigenvalue weighted by Crippen LogP contribution is -2.07. The molecular weight excluding hydrogens is 211 g/mol. The van der Waals surface area contributed by atoms with E-state index in [1.807, 2.05) is 0 Å². The van der Waals surface area contributed by atoms with Gasteiger partial charge in [0.25, 0.3) is 0 Å². The number of hydrogen-bond acceptors (Lipinski definition) is 4. The Morgan fingerprint density at radius 2 is 2.12 bits per heavy atom. The van der Waals surface area contributed by atoms with Crippen LogP contribution in [0.5, 0.6) is 5.75 Å². The fraction of sp³-hybridized carbons (Fsp3) is 0.455. The summed E-state index contributed by atoms with van der Waals surface area (Å²) in [5, 5.41) is 3.10. The lowest BCUT2D eigenvalue weighted by atomic mass is 10.2. The fourth-order valence-electron chi connectivity index (χ4n) is 1.32. The molecule has 90 valence electrons. The molecule has 0 heterocycles. The average Bonchev–Trinajstić information content (AvgIpc) is 2.27. The first-order valence-electron chi connectivity index (χ1n) is 5.05. The second-order valence-corrected chi connectivity index (χ2v) is 3.35. The second-order valence-electron chi connectivity index (χ2n) is 3.35. The SMILES string of the molecule is COCCCNc1cc(OC)c(F)cc1N. The average molecular weight is 228 g/mol. The Hall–Kier alpha value is -1.49. The van der Waals surface area contributed by atoms with Gasteiger partial charge >= 0.3 is 0 Å². The van der Waals surface area contributed by atoms with Gasteiger partial charge in [0.05, 0.1) is 18.5 Å². The summed E-state index contributed by atoms with van der Waals surface area (Å²) in [5.74, 6) is -0.272. The molecule has 0 aliphatic heterocycles. The van der Waals surface area contributed by atoms with Crippen molar-refractivity contribution in [3.8, 4) is 5.75 Å². The summed E-state index contributed by atoms with van der Waals surface area (Å²) in [4.78, 5) is 0. The molecule has 0 atom stereocenters. The molecule has 0 radical (unpaired) electrons. The zero-order valence-corrected chi connectivity index (χ0v) is 9.55. The van der Waals surface area contributed by atoms with Crippen LogP contribution >= 0.6 is 0 Å². The van der Waals surface area contributed by atoms with E-state index in [2.05, 4.69) is 5.32 Å². The Morgan fingerprint density at radius 3 is 2.75 bits per heavy atom. The summed E-state index contributed by atoms with van der Waals surface area (Å²) < 4.78 is 23.0. The molecular formula is C11H17FN2O2. The molecule has 0 saturated heterocycles. The summed E-state index contributed by atoms with van der Waals surface area (Å²) in [6, 6.07) is 2.80. The molecule has 0 amide bonds. The summed E-state index contributed by atoms with van der Waals surface area (Å²) in [5.41, 5.74) is 6.72. The van der Waals surface area contributed by atoms with Crippen molar-refractivity contribution < 1.29 is 13.9 Å². The molecule has 3 N–H and O–H groups in total. The standard InChI is InChI=1S/C11H17FN2O2/c1-15-5-3-4-14-10-7-11(16-2)8(12)6-9(10)13/h6-7,14H,3-5,13H2,1-2H3. The van der Waals surface area contributed by atoms with E-state index in [0.717, 1.165) is 6.42 Å². The maximum absolute atomic E-state index is 13.2. The quantitative estimate of drug-likeness (QED) is 0.576. The molecule has 0 unspecified atom stereocenters.